The van der Waals surface area contributed by atoms with Crippen molar-refractivity contribution >= 4 is 35.7 Å². The molecule has 1 saturated carbocycles. The molecule has 0 unspecified atom stereocenters. The number of ether oxygens (including phenoxy) is 2. The zero-order valence-corrected chi connectivity index (χ0v) is 19.0. The number of aliphatic imine (C=N–C) groups is 1. The topological polar surface area (TPSA) is 121 Å². The van der Waals surface area contributed by atoms with E-state index < -0.39 is 23.2 Å². The largest absolute Gasteiger partial charge is 0.474 e. The van der Waals surface area contributed by atoms with E-state index in [4.69, 9.17) is 27.8 Å². The van der Waals surface area contributed by atoms with E-state index in [1.807, 2.05) is 6.07 Å². The fourth-order valence-corrected chi connectivity index (χ4v) is 5.45. The first-order valence-electron chi connectivity index (χ1n) is 9.88. The molecule has 1 aromatic carbocycles. The molecule has 2 N–H and O–H groups in total. The summed E-state index contributed by atoms with van der Waals surface area (Å²) in [5.74, 6) is -2.23. The molecule has 1 spiro atoms. The molecule has 2 radical (unpaired) electrons. The molecule has 0 atom stereocenters. The Morgan fingerprint density at radius 1 is 1.21 bits per heavy atom. The number of halogens is 3. The van der Waals surface area contributed by atoms with Gasteiger partial charge in [-0.25, -0.2) is 0 Å². The van der Waals surface area contributed by atoms with Gasteiger partial charge in [-0.05, 0) is 42.3 Å². The van der Waals surface area contributed by atoms with Crippen molar-refractivity contribution in [3.8, 4) is 11.9 Å². The zero-order valence-electron chi connectivity index (χ0n) is 17.4. The first-order valence-corrected chi connectivity index (χ1v) is 11.7. The van der Waals surface area contributed by atoms with Gasteiger partial charge in [-0.15, -0.1) is 10.2 Å². The van der Waals surface area contributed by atoms with Gasteiger partial charge in [-0.2, -0.15) is 18.4 Å². The van der Waals surface area contributed by atoms with Gasteiger partial charge in [-0.1, -0.05) is 17.8 Å². The van der Waals surface area contributed by atoms with E-state index in [2.05, 4.69) is 14.9 Å². The molecule has 1 aliphatic carbocycles. The quantitative estimate of drug-likeness (QED) is 0.330. The number of hydrogen-bond donors (Lipinski definition) is 2. The Balaban J connectivity index is 1.42. The Hall–Kier alpha value is -2.31. The third-order valence-corrected chi connectivity index (χ3v) is 7.17. The molecular weight excluding hydrogens is 492 g/mol. The van der Waals surface area contributed by atoms with Crippen molar-refractivity contribution in [3.05, 3.63) is 46.5 Å². The van der Waals surface area contributed by atoms with Gasteiger partial charge in [-0.3, -0.25) is 4.99 Å². The lowest BCUT2D eigenvalue weighted by Gasteiger charge is -2.22. The predicted octanol–water partition coefficient (Wildman–Crippen LogP) is 2.91. The molecule has 2 aliphatic rings. The molecule has 34 heavy (non-hydrogen) atoms. The first kappa shape index (κ1) is 24.8. The van der Waals surface area contributed by atoms with E-state index in [9.17, 15) is 18.4 Å². The van der Waals surface area contributed by atoms with Gasteiger partial charge in [0.1, 0.15) is 16.0 Å². The Kier molecular flexibility index (Phi) is 6.85. The van der Waals surface area contributed by atoms with E-state index in [1.54, 1.807) is 6.07 Å². The van der Waals surface area contributed by atoms with Crippen LogP contribution in [0.4, 0.5) is 13.2 Å². The summed E-state index contributed by atoms with van der Waals surface area (Å²) in [6, 6.07) is 6.71. The van der Waals surface area contributed by atoms with Crippen molar-refractivity contribution < 1.29 is 32.9 Å². The molecule has 1 aromatic heterocycles. The summed E-state index contributed by atoms with van der Waals surface area (Å²) in [6.45, 7) is -0.220. The van der Waals surface area contributed by atoms with Crippen LogP contribution in [0.1, 0.15) is 35.1 Å². The van der Waals surface area contributed by atoms with E-state index in [0.29, 0.717) is 15.0 Å². The van der Waals surface area contributed by atoms with E-state index >= 15 is 0 Å². The second-order valence-corrected chi connectivity index (χ2v) is 9.74. The molecular formula is C20H16BF3N4O4S2. The minimum absolute atomic E-state index is 0.0231. The Morgan fingerprint density at radius 2 is 1.97 bits per heavy atom. The third kappa shape index (κ3) is 5.84. The number of aromatic nitrogens is 2. The monoisotopic (exact) mass is 508 g/mol. The maximum Gasteiger partial charge on any atom is 0.416 e. The number of nitrogens with zero attached hydrogens (tertiary/aromatic N) is 4. The summed E-state index contributed by atoms with van der Waals surface area (Å²) in [5.41, 5.74) is 0.0169. The molecule has 1 fully saturated rings. The minimum Gasteiger partial charge on any atom is -0.474 e. The van der Waals surface area contributed by atoms with Crippen LogP contribution < -0.4 is 4.74 Å². The van der Waals surface area contributed by atoms with Gasteiger partial charge in [0.05, 0.1) is 29.3 Å². The summed E-state index contributed by atoms with van der Waals surface area (Å²) in [4.78, 5) is 4.81. The third-order valence-electron chi connectivity index (χ3n) is 5.01. The second-order valence-electron chi connectivity index (χ2n) is 7.54. The van der Waals surface area contributed by atoms with Crippen molar-refractivity contribution in [2.75, 3.05) is 13.2 Å². The second kappa shape index (κ2) is 9.39. The van der Waals surface area contributed by atoms with Crippen LogP contribution in [-0.2, 0) is 22.2 Å². The van der Waals surface area contributed by atoms with Gasteiger partial charge >= 0.3 is 6.18 Å². The highest BCUT2D eigenvalue weighted by molar-refractivity contribution is 8.38. The minimum atomic E-state index is -4.51. The van der Waals surface area contributed by atoms with E-state index in [1.165, 1.54) is 29.6 Å². The molecule has 176 valence electrons. The maximum absolute atomic E-state index is 12.9. The average Bonchev–Trinajstić information content (AvgIpc) is 3.54. The number of aliphatic hydroxyl groups is 2. The smallest absolute Gasteiger partial charge is 0.416 e. The normalized spacial score (nSPS) is 16.5. The maximum atomic E-state index is 12.9. The Bertz CT molecular complexity index is 1160. The molecule has 4 rings (SSSR count). The lowest BCUT2D eigenvalue weighted by atomic mass is 10.1. The van der Waals surface area contributed by atoms with Gasteiger partial charge in [0, 0.05) is 17.4 Å². The molecule has 14 heteroatoms. The molecule has 0 amide bonds. The molecule has 0 saturated heterocycles. The van der Waals surface area contributed by atoms with Crippen LogP contribution in [-0.4, -0.2) is 51.7 Å². The van der Waals surface area contributed by atoms with E-state index in [0.717, 1.165) is 30.5 Å². The summed E-state index contributed by atoms with van der Waals surface area (Å²) >= 11 is 2.62. The van der Waals surface area contributed by atoms with Gasteiger partial charge in [0.15, 0.2) is 7.85 Å². The van der Waals surface area contributed by atoms with E-state index in [-0.39, 0.29) is 30.4 Å². The van der Waals surface area contributed by atoms with Crippen molar-refractivity contribution in [2.24, 2.45) is 4.99 Å². The summed E-state index contributed by atoms with van der Waals surface area (Å²) in [7, 11) is 4.89. The number of hydrogen-bond acceptors (Lipinski definition) is 10. The van der Waals surface area contributed by atoms with Crippen molar-refractivity contribution in [1.82, 2.24) is 10.2 Å². The van der Waals surface area contributed by atoms with Crippen LogP contribution in [0.2, 0.25) is 0 Å². The Labute approximate surface area is 202 Å². The van der Waals surface area contributed by atoms with Crippen molar-refractivity contribution in [3.63, 3.8) is 0 Å². The number of rotatable bonds is 7. The first-order chi connectivity index (χ1) is 16.0. The number of thioether (sulfide) groups is 2. The fraction of sp³-hybridized carbons (Fsp3) is 0.400. The number of fused-ring (bicyclic) bond motifs is 2. The molecule has 1 aliphatic heterocycles. The van der Waals surface area contributed by atoms with Crippen molar-refractivity contribution in [1.29, 1.82) is 5.26 Å². The predicted molar refractivity (Wildman–Crippen MR) is 118 cm³/mol. The molecule has 8 nitrogen and oxygen atoms in total. The highest BCUT2D eigenvalue weighted by Gasteiger charge is 2.49. The van der Waals surface area contributed by atoms with Gasteiger partial charge in [0.2, 0.25) is 11.8 Å². The highest BCUT2D eigenvalue weighted by Crippen LogP contribution is 2.56. The lowest BCUT2D eigenvalue weighted by molar-refractivity contribution is -0.276. The molecule has 2 aromatic rings. The van der Waals surface area contributed by atoms with Crippen molar-refractivity contribution in [2.45, 2.75) is 41.2 Å². The standard InChI is InChI=1S/C20H16BF3N4O4S2/c21-20(29,30)32-6-5-31-15-8-14-16(28-27-15)34-17(26-18(14)3-4-18)33-10-11-1-2-13(19(22,23)24)7-12(11)9-25/h1-2,7-8,29-30H,3-6,10H2. The SMILES string of the molecule is [B]C(O)(O)OCCOc1cc2c(nn1)SC(SCc1ccc(C(F)(F)F)cc1C#N)=NC21CC1. The van der Waals surface area contributed by atoms with Crippen LogP contribution in [0, 0.1) is 11.3 Å². The average molecular weight is 508 g/mol. The van der Waals surface area contributed by atoms with Crippen LogP contribution in [0.15, 0.2) is 34.3 Å². The summed E-state index contributed by atoms with van der Waals surface area (Å²) < 4.78 is 49.4. The van der Waals surface area contributed by atoms with Gasteiger partial charge < -0.3 is 19.7 Å². The fourth-order valence-electron chi connectivity index (χ4n) is 3.20. The van der Waals surface area contributed by atoms with Crippen LogP contribution in [0.5, 0.6) is 5.88 Å². The Morgan fingerprint density at radius 3 is 2.62 bits per heavy atom. The lowest BCUT2D eigenvalue weighted by Crippen LogP contribution is -2.33. The number of nitriles is 1. The molecule has 2 heterocycles. The van der Waals surface area contributed by atoms with Crippen LogP contribution in [0.25, 0.3) is 0 Å². The molecule has 0 bridgehead atoms. The number of benzene rings is 1. The summed E-state index contributed by atoms with van der Waals surface area (Å²) in [6.07, 6.45) is -2.91. The van der Waals surface area contributed by atoms with Crippen LogP contribution >= 0.6 is 23.5 Å². The highest BCUT2D eigenvalue weighted by atomic mass is 32.2. The number of alkyl halides is 3. The van der Waals surface area contributed by atoms with Gasteiger partial charge in [0.25, 0.3) is 0 Å². The van der Waals surface area contributed by atoms with Crippen LogP contribution in [0.3, 0.4) is 0 Å². The summed E-state index contributed by atoms with van der Waals surface area (Å²) in [5, 5.41) is 36.0. The zero-order chi connectivity index (χ0) is 24.6.